The first-order valence-corrected chi connectivity index (χ1v) is 9.50. The summed E-state index contributed by atoms with van der Waals surface area (Å²) in [5, 5.41) is 0.593. The Morgan fingerprint density at radius 2 is 1.78 bits per heavy atom. The number of aromatic amines is 1. The topological polar surface area (TPSA) is 65.1 Å². The molecule has 0 radical (unpaired) electrons. The summed E-state index contributed by atoms with van der Waals surface area (Å²) < 4.78 is 0. The van der Waals surface area contributed by atoms with Crippen molar-refractivity contribution in [2.45, 2.75) is 26.3 Å². The van der Waals surface area contributed by atoms with Crippen LogP contribution in [0.4, 0.5) is 5.82 Å². The Morgan fingerprint density at radius 1 is 1.04 bits per heavy atom. The van der Waals surface area contributed by atoms with Crippen molar-refractivity contribution >= 4 is 16.7 Å². The van der Waals surface area contributed by atoms with Crippen molar-refractivity contribution in [3.05, 3.63) is 64.3 Å². The van der Waals surface area contributed by atoms with Crippen molar-refractivity contribution in [2.75, 3.05) is 31.1 Å². The van der Waals surface area contributed by atoms with Gasteiger partial charge in [0.15, 0.2) is 5.82 Å². The van der Waals surface area contributed by atoms with Gasteiger partial charge in [0.1, 0.15) is 5.52 Å². The molecule has 4 rings (SSSR count). The van der Waals surface area contributed by atoms with E-state index in [1.807, 2.05) is 0 Å². The molecule has 0 unspecified atom stereocenters. The van der Waals surface area contributed by atoms with E-state index in [0.29, 0.717) is 16.8 Å². The Balaban J connectivity index is 1.43. The summed E-state index contributed by atoms with van der Waals surface area (Å²) in [4.78, 5) is 28.2. The molecule has 1 fully saturated rings. The minimum atomic E-state index is -0.118. The minimum Gasteiger partial charge on any atom is -0.352 e. The van der Waals surface area contributed by atoms with Gasteiger partial charge < -0.3 is 9.88 Å². The summed E-state index contributed by atoms with van der Waals surface area (Å²) in [5.41, 5.74) is 3.29. The third kappa shape index (κ3) is 3.71. The number of pyridine rings is 1. The lowest BCUT2D eigenvalue weighted by Crippen LogP contribution is -2.46. The first kappa shape index (κ1) is 17.7. The second kappa shape index (κ2) is 7.48. The number of piperazine rings is 1. The fourth-order valence-corrected chi connectivity index (χ4v) is 3.60. The van der Waals surface area contributed by atoms with Gasteiger partial charge in [0, 0.05) is 38.9 Å². The summed E-state index contributed by atoms with van der Waals surface area (Å²) in [5.74, 6) is 1.37. The number of aromatic nitrogens is 3. The molecule has 1 aliphatic rings. The molecule has 3 heterocycles. The lowest BCUT2D eigenvalue weighted by molar-refractivity contribution is 0.249. The highest BCUT2D eigenvalue weighted by Crippen LogP contribution is 2.22. The third-order valence-electron chi connectivity index (χ3n) is 5.26. The molecule has 0 saturated carbocycles. The molecule has 1 saturated heterocycles. The van der Waals surface area contributed by atoms with Crippen LogP contribution in [-0.4, -0.2) is 46.0 Å². The first-order chi connectivity index (χ1) is 13.1. The quantitative estimate of drug-likeness (QED) is 0.772. The average Bonchev–Trinajstić information content (AvgIpc) is 2.69. The molecule has 0 atom stereocenters. The fraction of sp³-hybridized carbons (Fsp3) is 0.381. The fourth-order valence-electron chi connectivity index (χ4n) is 3.60. The van der Waals surface area contributed by atoms with Gasteiger partial charge in [-0.15, -0.1) is 0 Å². The molecule has 1 aliphatic heterocycles. The Bertz CT molecular complexity index is 972. The van der Waals surface area contributed by atoms with E-state index >= 15 is 0 Å². The van der Waals surface area contributed by atoms with Crippen molar-refractivity contribution in [2.24, 2.45) is 0 Å². The third-order valence-corrected chi connectivity index (χ3v) is 5.26. The molecule has 140 valence electrons. The van der Waals surface area contributed by atoms with Crippen molar-refractivity contribution < 1.29 is 0 Å². The molecule has 3 aromatic rings. The van der Waals surface area contributed by atoms with Crippen molar-refractivity contribution in [3.63, 3.8) is 0 Å². The number of rotatable bonds is 4. The van der Waals surface area contributed by atoms with Crippen molar-refractivity contribution in [3.8, 4) is 0 Å². The largest absolute Gasteiger partial charge is 0.352 e. The van der Waals surface area contributed by atoms with Crippen LogP contribution in [0.5, 0.6) is 0 Å². The van der Waals surface area contributed by atoms with Gasteiger partial charge >= 0.3 is 0 Å². The van der Waals surface area contributed by atoms with Crippen LogP contribution in [0.1, 0.15) is 30.9 Å². The molecule has 6 heteroatoms. The summed E-state index contributed by atoms with van der Waals surface area (Å²) in [6, 6.07) is 10.7. The monoisotopic (exact) mass is 363 g/mol. The lowest BCUT2D eigenvalue weighted by Gasteiger charge is -2.35. The maximum Gasteiger partial charge on any atom is 0.258 e. The van der Waals surface area contributed by atoms with E-state index in [1.165, 1.54) is 17.5 Å². The van der Waals surface area contributed by atoms with Crippen molar-refractivity contribution in [1.29, 1.82) is 0 Å². The van der Waals surface area contributed by atoms with Gasteiger partial charge in [-0.2, -0.15) is 0 Å². The van der Waals surface area contributed by atoms with Crippen molar-refractivity contribution in [1.82, 2.24) is 19.9 Å². The van der Waals surface area contributed by atoms with Crippen LogP contribution < -0.4 is 10.5 Å². The number of fused-ring (bicyclic) bond motifs is 1. The molecule has 6 nitrogen and oxygen atoms in total. The summed E-state index contributed by atoms with van der Waals surface area (Å²) in [6.07, 6.45) is 3.14. The van der Waals surface area contributed by atoms with Gasteiger partial charge in [-0.3, -0.25) is 9.69 Å². The lowest BCUT2D eigenvalue weighted by atomic mass is 10.0. The maximum atomic E-state index is 12.0. The van der Waals surface area contributed by atoms with Crippen LogP contribution >= 0.6 is 0 Å². The van der Waals surface area contributed by atoms with Gasteiger partial charge in [-0.05, 0) is 23.1 Å². The van der Waals surface area contributed by atoms with Crippen LogP contribution in [0.25, 0.3) is 10.9 Å². The van der Waals surface area contributed by atoms with Crippen LogP contribution in [-0.2, 0) is 6.54 Å². The molecule has 1 aromatic carbocycles. The second-order valence-electron chi connectivity index (χ2n) is 7.42. The minimum absolute atomic E-state index is 0.118. The molecule has 27 heavy (non-hydrogen) atoms. The SMILES string of the molecule is CC(C)c1ccc(CN2CCN(c3nccc4c(=O)[nH]cnc34)CC2)cc1. The van der Waals surface area contributed by atoms with E-state index in [-0.39, 0.29) is 5.56 Å². The van der Waals surface area contributed by atoms with E-state index in [2.05, 4.69) is 62.9 Å². The normalized spacial score (nSPS) is 15.6. The number of H-pyrrole nitrogens is 1. The van der Waals surface area contributed by atoms with Gasteiger partial charge in [0.25, 0.3) is 5.56 Å². The predicted octanol–water partition coefficient (Wildman–Crippen LogP) is 2.76. The van der Waals surface area contributed by atoms with E-state index in [4.69, 9.17) is 0 Å². The van der Waals surface area contributed by atoms with Crippen LogP contribution in [0.2, 0.25) is 0 Å². The smallest absolute Gasteiger partial charge is 0.258 e. The van der Waals surface area contributed by atoms with E-state index in [9.17, 15) is 4.79 Å². The zero-order chi connectivity index (χ0) is 18.8. The number of hydrogen-bond acceptors (Lipinski definition) is 5. The number of benzene rings is 1. The number of nitrogens with zero attached hydrogens (tertiary/aromatic N) is 4. The number of nitrogens with one attached hydrogen (secondary N) is 1. The van der Waals surface area contributed by atoms with E-state index in [1.54, 1.807) is 12.3 Å². The molecule has 0 spiro atoms. The molecule has 0 amide bonds. The molecule has 2 aromatic heterocycles. The first-order valence-electron chi connectivity index (χ1n) is 9.50. The number of anilines is 1. The summed E-state index contributed by atoms with van der Waals surface area (Å²) in [6.45, 7) is 9.10. The standard InChI is InChI=1S/C21H25N5O/c1-15(2)17-5-3-16(4-6-17)13-25-9-11-26(12-10-25)20-19-18(7-8-22-20)21(27)24-14-23-19/h3-8,14-15H,9-13H2,1-2H3,(H,23,24,27). The molecule has 0 aliphatic carbocycles. The Kier molecular flexibility index (Phi) is 4.90. The Hall–Kier alpha value is -2.73. The zero-order valence-corrected chi connectivity index (χ0v) is 15.9. The van der Waals surface area contributed by atoms with Gasteiger partial charge in [0.2, 0.25) is 0 Å². The molecule has 1 N–H and O–H groups in total. The van der Waals surface area contributed by atoms with E-state index in [0.717, 1.165) is 38.5 Å². The van der Waals surface area contributed by atoms with Crippen LogP contribution in [0.15, 0.2) is 47.7 Å². The molecular weight excluding hydrogens is 338 g/mol. The zero-order valence-electron chi connectivity index (χ0n) is 15.9. The van der Waals surface area contributed by atoms with Crippen LogP contribution in [0.3, 0.4) is 0 Å². The van der Waals surface area contributed by atoms with Gasteiger partial charge in [-0.1, -0.05) is 38.1 Å². The number of hydrogen-bond donors (Lipinski definition) is 1. The highest BCUT2D eigenvalue weighted by Gasteiger charge is 2.20. The summed E-state index contributed by atoms with van der Waals surface area (Å²) in [7, 11) is 0. The van der Waals surface area contributed by atoms with Gasteiger partial charge in [0.05, 0.1) is 11.7 Å². The molecular formula is C21H25N5O. The maximum absolute atomic E-state index is 12.0. The predicted molar refractivity (Wildman–Crippen MR) is 108 cm³/mol. The summed E-state index contributed by atoms with van der Waals surface area (Å²) >= 11 is 0. The second-order valence-corrected chi connectivity index (χ2v) is 7.42. The highest BCUT2D eigenvalue weighted by atomic mass is 16.1. The Morgan fingerprint density at radius 3 is 2.48 bits per heavy atom. The highest BCUT2D eigenvalue weighted by molar-refractivity contribution is 5.87. The molecule has 0 bridgehead atoms. The Labute approximate surface area is 158 Å². The van der Waals surface area contributed by atoms with E-state index < -0.39 is 0 Å². The van der Waals surface area contributed by atoms with Gasteiger partial charge in [-0.25, -0.2) is 9.97 Å². The average molecular weight is 363 g/mol. The van der Waals surface area contributed by atoms with Crippen LogP contribution in [0, 0.1) is 0 Å².